The molecule has 5 rings (SSSR count). The van der Waals surface area contributed by atoms with Gasteiger partial charge in [-0.15, -0.1) is 0 Å². The maximum atomic E-state index is 12.6. The first-order chi connectivity index (χ1) is 17.5. The van der Waals surface area contributed by atoms with E-state index in [4.69, 9.17) is 0 Å². The van der Waals surface area contributed by atoms with Crippen molar-refractivity contribution < 1.29 is 19.8 Å². The van der Waals surface area contributed by atoms with E-state index in [0.29, 0.717) is 31.7 Å². The number of hydrogen-bond donors (Lipinski definition) is 2. The first-order valence-corrected chi connectivity index (χ1v) is 12.1. The van der Waals surface area contributed by atoms with E-state index < -0.39 is 18.0 Å². The summed E-state index contributed by atoms with van der Waals surface area (Å²) in [5.74, 6) is -1.89. The van der Waals surface area contributed by atoms with E-state index in [1.54, 1.807) is 10.8 Å². The van der Waals surface area contributed by atoms with Crippen molar-refractivity contribution in [2.75, 3.05) is 26.2 Å². The summed E-state index contributed by atoms with van der Waals surface area (Å²) in [5.41, 5.74) is 3.79. The number of aliphatic carboxylic acids is 2. The fourth-order valence-electron chi connectivity index (χ4n) is 5.39. The lowest BCUT2D eigenvalue weighted by Gasteiger charge is -2.41. The first-order valence-electron chi connectivity index (χ1n) is 12.1. The van der Waals surface area contributed by atoms with Crippen LogP contribution < -0.4 is 0 Å². The Labute approximate surface area is 209 Å². The molecule has 1 aliphatic rings. The second-order valence-corrected chi connectivity index (χ2v) is 9.16. The molecule has 2 N–H and O–H groups in total. The van der Waals surface area contributed by atoms with Crippen molar-refractivity contribution >= 4 is 22.8 Å². The van der Waals surface area contributed by atoms with Gasteiger partial charge < -0.3 is 14.8 Å². The Morgan fingerprint density at radius 2 is 1.25 bits per heavy atom. The molecule has 2 heterocycles. The summed E-state index contributed by atoms with van der Waals surface area (Å²) < 4.78 is 1.63. The smallest absolute Gasteiger partial charge is 0.325 e. The topological polar surface area (TPSA) is 86.0 Å². The zero-order chi connectivity index (χ0) is 25.1. The van der Waals surface area contributed by atoms with Crippen molar-refractivity contribution in [3.05, 3.63) is 108 Å². The quantitative estimate of drug-likeness (QED) is 0.390. The predicted octanol–water partition coefficient (Wildman–Crippen LogP) is 4.26. The summed E-state index contributed by atoms with van der Waals surface area (Å²) >= 11 is 0. The third-order valence-corrected chi connectivity index (χ3v) is 6.96. The van der Waals surface area contributed by atoms with Crippen LogP contribution in [0.5, 0.6) is 0 Å². The highest BCUT2D eigenvalue weighted by molar-refractivity contribution is 5.90. The SMILES string of the molecule is O=C(O)Cn1cc(C(C(=O)O)N2CCN(C(c3ccccc3)c3ccccc3)CC2)c2ccccc21. The zero-order valence-electron chi connectivity index (χ0n) is 19.9. The van der Waals surface area contributed by atoms with Crippen LogP contribution in [0.15, 0.2) is 91.1 Å². The number of benzene rings is 3. The molecule has 0 aliphatic carbocycles. The number of hydrogen-bond acceptors (Lipinski definition) is 4. The van der Waals surface area contributed by atoms with E-state index in [2.05, 4.69) is 53.4 Å². The zero-order valence-corrected chi connectivity index (χ0v) is 19.9. The van der Waals surface area contributed by atoms with Gasteiger partial charge in [-0.1, -0.05) is 78.9 Å². The third kappa shape index (κ3) is 4.76. The number of rotatable bonds is 8. The molecule has 1 atom stereocenters. The van der Waals surface area contributed by atoms with Gasteiger partial charge in [0, 0.05) is 48.8 Å². The van der Waals surface area contributed by atoms with Gasteiger partial charge in [0.2, 0.25) is 0 Å². The van der Waals surface area contributed by atoms with E-state index in [1.807, 2.05) is 41.3 Å². The van der Waals surface area contributed by atoms with Crippen LogP contribution in [-0.2, 0) is 16.1 Å². The first kappa shape index (κ1) is 23.8. The Morgan fingerprint density at radius 3 is 1.81 bits per heavy atom. The molecule has 0 amide bonds. The van der Waals surface area contributed by atoms with Crippen LogP contribution in [-0.4, -0.2) is 62.7 Å². The molecular formula is C29H29N3O4. The van der Waals surface area contributed by atoms with E-state index in [-0.39, 0.29) is 12.6 Å². The minimum Gasteiger partial charge on any atom is -0.480 e. The molecule has 1 unspecified atom stereocenters. The molecule has 7 nitrogen and oxygen atoms in total. The van der Waals surface area contributed by atoms with Crippen LogP contribution in [0.2, 0.25) is 0 Å². The van der Waals surface area contributed by atoms with Crippen LogP contribution in [0.25, 0.3) is 10.9 Å². The molecule has 4 aromatic rings. The summed E-state index contributed by atoms with van der Waals surface area (Å²) in [6.07, 6.45) is 1.70. The standard InChI is InChI=1S/C29H29N3O4/c33-26(34)20-32-19-24(23-13-7-8-14-25(23)32)28(29(35)36)31-17-15-30(16-18-31)27(21-9-3-1-4-10-21)22-11-5-2-6-12-22/h1-14,19,27-28H,15-18,20H2,(H,33,34)(H,35,36). The highest BCUT2D eigenvalue weighted by Crippen LogP contribution is 2.34. The number of nitrogens with zero attached hydrogens (tertiary/aromatic N) is 3. The summed E-state index contributed by atoms with van der Waals surface area (Å²) in [6, 6.07) is 27.4. The van der Waals surface area contributed by atoms with Crippen molar-refractivity contribution in [1.82, 2.24) is 14.4 Å². The number of carbonyl (C=O) groups is 2. The number of aromatic nitrogens is 1. The Kier molecular flexibility index (Phi) is 6.84. The number of para-hydroxylation sites is 1. The number of piperazine rings is 1. The fraction of sp³-hybridized carbons (Fsp3) is 0.241. The van der Waals surface area contributed by atoms with Crippen LogP contribution in [0.4, 0.5) is 0 Å². The Morgan fingerprint density at radius 1 is 0.722 bits per heavy atom. The Bertz CT molecular complexity index is 1310. The summed E-state index contributed by atoms with van der Waals surface area (Å²) in [6.45, 7) is 2.39. The average Bonchev–Trinajstić information content (AvgIpc) is 3.23. The molecule has 0 spiro atoms. The summed E-state index contributed by atoms with van der Waals surface area (Å²) in [4.78, 5) is 28.4. The molecule has 1 fully saturated rings. The maximum Gasteiger partial charge on any atom is 0.325 e. The van der Waals surface area contributed by atoms with Crippen LogP contribution in [0.1, 0.15) is 28.8 Å². The third-order valence-electron chi connectivity index (χ3n) is 6.96. The minimum absolute atomic E-state index is 0.0929. The predicted molar refractivity (Wildman–Crippen MR) is 138 cm³/mol. The van der Waals surface area contributed by atoms with Crippen molar-refractivity contribution in [3.8, 4) is 0 Å². The van der Waals surface area contributed by atoms with Gasteiger partial charge in [0.15, 0.2) is 0 Å². The molecule has 184 valence electrons. The number of carboxylic acids is 2. The summed E-state index contributed by atoms with van der Waals surface area (Å²) in [5, 5.41) is 20.4. The fourth-order valence-corrected chi connectivity index (χ4v) is 5.39. The molecule has 1 aromatic heterocycles. The molecule has 0 saturated carbocycles. The van der Waals surface area contributed by atoms with Gasteiger partial charge in [0.25, 0.3) is 0 Å². The molecule has 1 aliphatic heterocycles. The molecule has 0 radical (unpaired) electrons. The van der Waals surface area contributed by atoms with Crippen LogP contribution in [0.3, 0.4) is 0 Å². The van der Waals surface area contributed by atoms with Gasteiger partial charge in [0.05, 0.1) is 6.04 Å². The van der Waals surface area contributed by atoms with Crippen molar-refractivity contribution in [2.45, 2.75) is 18.6 Å². The molecule has 0 bridgehead atoms. The maximum absolute atomic E-state index is 12.6. The Hall–Kier alpha value is -3.94. The second kappa shape index (κ2) is 10.4. The van der Waals surface area contributed by atoms with Gasteiger partial charge in [-0.2, -0.15) is 0 Å². The van der Waals surface area contributed by atoms with Gasteiger partial charge in [0.1, 0.15) is 12.6 Å². The minimum atomic E-state index is -0.962. The largest absolute Gasteiger partial charge is 0.480 e. The molecular weight excluding hydrogens is 454 g/mol. The molecule has 1 saturated heterocycles. The summed E-state index contributed by atoms with van der Waals surface area (Å²) in [7, 11) is 0. The monoisotopic (exact) mass is 483 g/mol. The van der Waals surface area contributed by atoms with E-state index >= 15 is 0 Å². The van der Waals surface area contributed by atoms with E-state index in [9.17, 15) is 19.8 Å². The molecule has 3 aromatic carbocycles. The lowest BCUT2D eigenvalue weighted by atomic mass is 9.96. The molecule has 36 heavy (non-hydrogen) atoms. The average molecular weight is 484 g/mol. The Balaban J connectivity index is 1.42. The van der Waals surface area contributed by atoms with Gasteiger partial charge in [-0.3, -0.25) is 19.4 Å². The van der Waals surface area contributed by atoms with Gasteiger partial charge in [-0.05, 0) is 17.2 Å². The van der Waals surface area contributed by atoms with Crippen LogP contribution >= 0.6 is 0 Å². The number of fused-ring (bicyclic) bond motifs is 1. The van der Waals surface area contributed by atoms with E-state index in [0.717, 1.165) is 10.9 Å². The lowest BCUT2D eigenvalue weighted by Crippen LogP contribution is -2.50. The normalized spacial score (nSPS) is 15.8. The second-order valence-electron chi connectivity index (χ2n) is 9.16. The highest BCUT2D eigenvalue weighted by atomic mass is 16.4. The van der Waals surface area contributed by atoms with Crippen molar-refractivity contribution in [1.29, 1.82) is 0 Å². The highest BCUT2D eigenvalue weighted by Gasteiger charge is 2.35. The van der Waals surface area contributed by atoms with Gasteiger partial charge in [-0.25, -0.2) is 0 Å². The van der Waals surface area contributed by atoms with Crippen molar-refractivity contribution in [3.63, 3.8) is 0 Å². The van der Waals surface area contributed by atoms with Crippen LogP contribution in [0, 0.1) is 0 Å². The van der Waals surface area contributed by atoms with E-state index in [1.165, 1.54) is 11.1 Å². The molecule has 7 heteroatoms. The number of carboxylic acid groups (broad SMARTS) is 2. The van der Waals surface area contributed by atoms with Gasteiger partial charge >= 0.3 is 11.9 Å². The lowest BCUT2D eigenvalue weighted by molar-refractivity contribution is -0.144. The van der Waals surface area contributed by atoms with Crippen molar-refractivity contribution in [2.24, 2.45) is 0 Å².